The second-order valence-corrected chi connectivity index (χ2v) is 4.34. The van der Waals surface area contributed by atoms with Crippen LogP contribution in [0.25, 0.3) is 0 Å². The predicted octanol–water partition coefficient (Wildman–Crippen LogP) is 3.80. The van der Waals surface area contributed by atoms with Crippen molar-refractivity contribution in [2.75, 3.05) is 10.6 Å². The van der Waals surface area contributed by atoms with Crippen LogP contribution in [0.15, 0.2) is 54.6 Å². The summed E-state index contributed by atoms with van der Waals surface area (Å²) in [5.74, 6) is -1.99. The highest BCUT2D eigenvalue weighted by atomic mass is 19.4. The minimum atomic E-state index is -4.91. The lowest BCUT2D eigenvalue weighted by Crippen LogP contribution is -2.30. The molecule has 0 fully saturated rings. The van der Waals surface area contributed by atoms with Gasteiger partial charge in [0.2, 0.25) is 0 Å². The molecule has 0 aliphatic carbocycles. The molecule has 0 heterocycles. The van der Waals surface area contributed by atoms with Gasteiger partial charge < -0.3 is 10.6 Å². The molecule has 110 valence electrons. The van der Waals surface area contributed by atoms with Crippen molar-refractivity contribution in [1.82, 2.24) is 0 Å². The second kappa shape index (κ2) is 6.30. The fourth-order valence-electron chi connectivity index (χ4n) is 1.73. The van der Waals surface area contributed by atoms with Crippen LogP contribution in [0, 0.1) is 0 Å². The van der Waals surface area contributed by atoms with Gasteiger partial charge in [0.1, 0.15) is 0 Å². The van der Waals surface area contributed by atoms with Crippen LogP contribution in [0.1, 0.15) is 5.56 Å². The molecule has 2 N–H and O–H groups in total. The molecule has 0 aliphatic heterocycles. The Labute approximate surface area is 119 Å². The van der Waals surface area contributed by atoms with E-state index in [1.165, 1.54) is 6.07 Å². The Morgan fingerprint density at radius 2 is 1.48 bits per heavy atom. The lowest BCUT2D eigenvalue weighted by molar-refractivity contribution is -0.167. The molecule has 0 aromatic heterocycles. The van der Waals surface area contributed by atoms with Crippen molar-refractivity contribution in [1.29, 1.82) is 0 Å². The second-order valence-electron chi connectivity index (χ2n) is 4.34. The molecule has 1 amide bonds. The Bertz CT molecular complexity index is 612. The molecule has 0 spiro atoms. The van der Waals surface area contributed by atoms with Crippen LogP contribution in [0.3, 0.4) is 0 Å². The van der Waals surface area contributed by atoms with Crippen molar-refractivity contribution < 1.29 is 18.0 Å². The first-order valence-corrected chi connectivity index (χ1v) is 6.22. The Hall–Kier alpha value is -2.50. The molecule has 0 radical (unpaired) electrons. The number of nitrogens with one attached hydrogen (secondary N) is 2. The minimum Gasteiger partial charge on any atom is -0.379 e. The zero-order valence-corrected chi connectivity index (χ0v) is 10.9. The molecule has 0 saturated heterocycles. The number of halogens is 3. The van der Waals surface area contributed by atoms with Crippen LogP contribution in [-0.2, 0) is 11.3 Å². The van der Waals surface area contributed by atoms with Crippen molar-refractivity contribution in [3.63, 3.8) is 0 Å². The van der Waals surface area contributed by atoms with Crippen LogP contribution in [0.4, 0.5) is 24.5 Å². The number of hydrogen-bond acceptors (Lipinski definition) is 2. The topological polar surface area (TPSA) is 41.1 Å². The minimum absolute atomic E-state index is 0.0933. The quantitative estimate of drug-likeness (QED) is 0.900. The van der Waals surface area contributed by atoms with Gasteiger partial charge in [-0.2, -0.15) is 13.2 Å². The third-order valence-electron chi connectivity index (χ3n) is 2.76. The monoisotopic (exact) mass is 294 g/mol. The van der Waals surface area contributed by atoms with Crippen LogP contribution in [0.2, 0.25) is 0 Å². The van der Waals surface area contributed by atoms with Crippen molar-refractivity contribution in [3.8, 4) is 0 Å². The lowest BCUT2D eigenvalue weighted by atomic mass is 10.2. The van der Waals surface area contributed by atoms with Gasteiger partial charge in [0.15, 0.2) is 0 Å². The van der Waals surface area contributed by atoms with Crippen LogP contribution in [0.5, 0.6) is 0 Å². The van der Waals surface area contributed by atoms with E-state index in [-0.39, 0.29) is 5.69 Å². The van der Waals surface area contributed by atoms with E-state index in [4.69, 9.17) is 0 Å². The predicted molar refractivity (Wildman–Crippen MR) is 74.9 cm³/mol. The van der Waals surface area contributed by atoms with Gasteiger partial charge in [-0.1, -0.05) is 42.5 Å². The molecular weight excluding hydrogens is 281 g/mol. The number of alkyl halides is 3. The molecular formula is C15H13F3N2O. The highest BCUT2D eigenvalue weighted by Gasteiger charge is 2.38. The van der Waals surface area contributed by atoms with E-state index in [1.807, 2.05) is 35.6 Å². The Kier molecular flexibility index (Phi) is 4.47. The number of amides is 1. The number of benzene rings is 2. The maximum atomic E-state index is 12.3. The van der Waals surface area contributed by atoms with Gasteiger partial charge in [0, 0.05) is 6.54 Å². The number of anilines is 2. The Morgan fingerprint density at radius 1 is 0.905 bits per heavy atom. The molecule has 2 aromatic carbocycles. The van der Waals surface area contributed by atoms with E-state index < -0.39 is 12.1 Å². The molecule has 0 atom stereocenters. The van der Waals surface area contributed by atoms with Crippen LogP contribution in [-0.4, -0.2) is 12.1 Å². The highest BCUT2D eigenvalue weighted by Crippen LogP contribution is 2.24. The Morgan fingerprint density at radius 3 is 2.10 bits per heavy atom. The summed E-state index contributed by atoms with van der Waals surface area (Å²) in [4.78, 5) is 11.0. The number of para-hydroxylation sites is 2. The fourth-order valence-corrected chi connectivity index (χ4v) is 1.73. The van der Waals surface area contributed by atoms with E-state index in [0.717, 1.165) is 5.56 Å². The van der Waals surface area contributed by atoms with E-state index in [9.17, 15) is 18.0 Å². The van der Waals surface area contributed by atoms with Crippen LogP contribution < -0.4 is 10.6 Å². The molecule has 6 heteroatoms. The van der Waals surface area contributed by atoms with Gasteiger partial charge in [-0.25, -0.2) is 0 Å². The zero-order chi connectivity index (χ0) is 15.3. The molecule has 0 unspecified atom stereocenters. The average molecular weight is 294 g/mol. The van der Waals surface area contributed by atoms with Gasteiger partial charge in [0.25, 0.3) is 0 Å². The van der Waals surface area contributed by atoms with Gasteiger partial charge in [-0.3, -0.25) is 4.79 Å². The maximum Gasteiger partial charge on any atom is 0.471 e. The first kappa shape index (κ1) is 14.9. The normalized spacial score (nSPS) is 11.0. The van der Waals surface area contributed by atoms with Crippen molar-refractivity contribution in [3.05, 3.63) is 60.2 Å². The van der Waals surface area contributed by atoms with E-state index in [1.54, 1.807) is 18.2 Å². The smallest absolute Gasteiger partial charge is 0.379 e. The summed E-state index contributed by atoms with van der Waals surface area (Å²) in [5.41, 5.74) is 1.50. The zero-order valence-electron chi connectivity index (χ0n) is 10.9. The third kappa shape index (κ3) is 4.24. The summed E-state index contributed by atoms with van der Waals surface area (Å²) in [6.45, 7) is 0.444. The standard InChI is InChI=1S/C15H13F3N2O/c16-15(17,18)14(21)20-13-9-5-4-8-12(13)19-10-11-6-2-1-3-7-11/h1-9,19H,10H2,(H,20,21). The molecule has 2 rings (SSSR count). The largest absolute Gasteiger partial charge is 0.471 e. The molecule has 0 saturated carbocycles. The molecule has 0 aliphatic rings. The lowest BCUT2D eigenvalue weighted by Gasteiger charge is -2.14. The van der Waals surface area contributed by atoms with Gasteiger partial charge in [-0.05, 0) is 17.7 Å². The van der Waals surface area contributed by atoms with Crippen LogP contribution >= 0.6 is 0 Å². The van der Waals surface area contributed by atoms with Gasteiger partial charge >= 0.3 is 12.1 Å². The third-order valence-corrected chi connectivity index (χ3v) is 2.76. The maximum absolute atomic E-state index is 12.3. The number of hydrogen-bond donors (Lipinski definition) is 2. The van der Waals surface area contributed by atoms with Gasteiger partial charge in [0.05, 0.1) is 11.4 Å². The van der Waals surface area contributed by atoms with Crippen molar-refractivity contribution in [2.24, 2.45) is 0 Å². The van der Waals surface area contributed by atoms with Crippen molar-refractivity contribution >= 4 is 17.3 Å². The average Bonchev–Trinajstić information content (AvgIpc) is 2.46. The summed E-state index contributed by atoms with van der Waals surface area (Å²) in [6.07, 6.45) is -4.91. The van der Waals surface area contributed by atoms with E-state index >= 15 is 0 Å². The SMILES string of the molecule is O=C(Nc1ccccc1NCc1ccccc1)C(F)(F)F. The summed E-state index contributed by atoms with van der Waals surface area (Å²) >= 11 is 0. The summed E-state index contributed by atoms with van der Waals surface area (Å²) in [7, 11) is 0. The number of carbonyl (C=O) groups excluding carboxylic acids is 1. The molecule has 2 aromatic rings. The van der Waals surface area contributed by atoms with Crippen molar-refractivity contribution in [2.45, 2.75) is 12.7 Å². The van der Waals surface area contributed by atoms with Gasteiger partial charge in [-0.15, -0.1) is 0 Å². The van der Waals surface area contributed by atoms with E-state index in [2.05, 4.69) is 5.32 Å². The molecule has 3 nitrogen and oxygen atoms in total. The number of rotatable bonds is 4. The Balaban J connectivity index is 2.08. The summed E-state index contributed by atoms with van der Waals surface area (Å²) in [5, 5.41) is 4.86. The fraction of sp³-hybridized carbons (Fsp3) is 0.133. The number of carbonyl (C=O) groups is 1. The molecule has 21 heavy (non-hydrogen) atoms. The molecule has 0 bridgehead atoms. The first-order valence-electron chi connectivity index (χ1n) is 6.22. The highest BCUT2D eigenvalue weighted by molar-refractivity contribution is 5.97. The summed E-state index contributed by atoms with van der Waals surface area (Å²) < 4.78 is 36.9. The first-order chi connectivity index (χ1) is 9.97. The van der Waals surface area contributed by atoms with E-state index in [0.29, 0.717) is 12.2 Å². The summed E-state index contributed by atoms with van der Waals surface area (Å²) in [6, 6.07) is 15.7.